The third kappa shape index (κ3) is 5.89. The highest BCUT2D eigenvalue weighted by Gasteiger charge is 2.44. The smallest absolute Gasteiger partial charge is 0.257 e. The highest BCUT2D eigenvalue weighted by molar-refractivity contribution is 7.92. The van der Waals surface area contributed by atoms with E-state index in [1.54, 1.807) is 30.6 Å². The number of aliphatic hydroxyl groups is 1. The molecule has 3 heterocycles. The highest BCUT2D eigenvalue weighted by Crippen LogP contribution is 2.54. The summed E-state index contributed by atoms with van der Waals surface area (Å²) < 4.78 is 56.8. The van der Waals surface area contributed by atoms with Gasteiger partial charge in [0.1, 0.15) is 5.52 Å². The molecule has 0 radical (unpaired) electrons. The lowest BCUT2D eigenvalue weighted by Crippen LogP contribution is -2.39. The zero-order chi connectivity index (χ0) is 29.7. The fraction of sp³-hybridized carbons (Fsp3) is 0.517. The summed E-state index contributed by atoms with van der Waals surface area (Å²) in [6, 6.07) is 8.43. The normalized spacial score (nSPS) is 19.7. The van der Waals surface area contributed by atoms with E-state index in [1.165, 1.54) is 12.8 Å². The molecule has 10 nitrogen and oxygen atoms in total. The summed E-state index contributed by atoms with van der Waals surface area (Å²) in [6.07, 6.45) is 5.66. The number of carbonyl (C=O) groups is 1. The van der Waals surface area contributed by atoms with E-state index in [0.29, 0.717) is 39.2 Å². The monoisotopic (exact) mass is 602 g/mol. The number of halogens is 2. The number of sulfonamides is 1. The largest absolute Gasteiger partial charge is 0.395 e. The number of fused-ring (bicyclic) bond motifs is 1. The molecule has 0 bridgehead atoms. The predicted molar refractivity (Wildman–Crippen MR) is 159 cm³/mol. The topological polar surface area (TPSA) is 120 Å². The maximum Gasteiger partial charge on any atom is 0.257 e. The van der Waals surface area contributed by atoms with E-state index in [2.05, 4.69) is 19.9 Å². The minimum atomic E-state index is -3.74. The number of imidazole rings is 1. The number of aliphatic hydroxyl groups excluding tert-OH is 1. The first kappa shape index (κ1) is 28.7. The van der Waals surface area contributed by atoms with Crippen LogP contribution < -0.4 is 19.8 Å². The number of carbonyl (C=O) groups excluding carboxylic acids is 1. The summed E-state index contributed by atoms with van der Waals surface area (Å²) in [4.78, 5) is 22.3. The Morgan fingerprint density at radius 2 is 1.60 bits per heavy atom. The van der Waals surface area contributed by atoms with Crippen LogP contribution in [-0.4, -0.2) is 73.4 Å². The van der Waals surface area contributed by atoms with Crippen LogP contribution in [-0.2, 0) is 17.1 Å². The Morgan fingerprint density at radius 1 is 0.952 bits per heavy atom. The third-order valence-electron chi connectivity index (χ3n) is 8.90. The van der Waals surface area contributed by atoms with Crippen LogP contribution in [0.5, 0.6) is 0 Å². The second-order valence-electron chi connectivity index (χ2n) is 11.9. The van der Waals surface area contributed by atoms with Gasteiger partial charge in [-0.05, 0) is 61.4 Å². The molecular formula is C29H36F2N6O4S. The average Bonchev–Trinajstić information content (AvgIpc) is 3.59. The number of benzene rings is 2. The van der Waals surface area contributed by atoms with Gasteiger partial charge in [-0.3, -0.25) is 9.52 Å². The summed E-state index contributed by atoms with van der Waals surface area (Å²) >= 11 is 0. The maximum absolute atomic E-state index is 13.9. The molecule has 1 spiro atoms. The first-order chi connectivity index (χ1) is 20.0. The molecule has 3 fully saturated rings. The molecule has 1 saturated carbocycles. The van der Waals surface area contributed by atoms with E-state index < -0.39 is 28.3 Å². The number of aromatic nitrogens is 2. The molecule has 1 amide bonds. The molecule has 42 heavy (non-hydrogen) atoms. The van der Waals surface area contributed by atoms with Gasteiger partial charge in [0.2, 0.25) is 10.0 Å². The van der Waals surface area contributed by atoms with Crippen LogP contribution in [0, 0.1) is 5.41 Å². The van der Waals surface area contributed by atoms with Crippen molar-refractivity contribution in [3.63, 3.8) is 0 Å². The second kappa shape index (κ2) is 10.7. The molecule has 3 N–H and O–H groups in total. The number of nitrogens with one attached hydrogen (secondary N) is 2. The maximum atomic E-state index is 13.9. The lowest BCUT2D eigenvalue weighted by Gasteiger charge is -2.35. The van der Waals surface area contributed by atoms with Crippen LogP contribution in [0.25, 0.3) is 11.0 Å². The molecule has 2 aliphatic heterocycles. The summed E-state index contributed by atoms with van der Waals surface area (Å²) in [5.74, 6) is -3.47. The van der Waals surface area contributed by atoms with Crippen LogP contribution in [0.15, 0.2) is 36.7 Å². The summed E-state index contributed by atoms with van der Waals surface area (Å²) in [7, 11) is -1.90. The Balaban J connectivity index is 1.31. The predicted octanol–water partition coefficient (Wildman–Crippen LogP) is 4.18. The molecule has 0 atom stereocenters. The quantitative estimate of drug-likeness (QED) is 0.354. The second-order valence-corrected chi connectivity index (χ2v) is 13.7. The Bertz CT molecular complexity index is 1600. The molecule has 2 saturated heterocycles. The van der Waals surface area contributed by atoms with Crippen molar-refractivity contribution in [3.05, 3.63) is 42.2 Å². The number of anilines is 4. The number of alkyl halides is 2. The van der Waals surface area contributed by atoms with Gasteiger partial charge in [-0.25, -0.2) is 22.2 Å². The van der Waals surface area contributed by atoms with Gasteiger partial charge in [-0.1, -0.05) is 0 Å². The Hall–Kier alpha value is -3.45. The fourth-order valence-electron chi connectivity index (χ4n) is 6.10. The molecule has 1 aromatic heterocycles. The van der Waals surface area contributed by atoms with E-state index in [-0.39, 0.29) is 31.8 Å². The van der Waals surface area contributed by atoms with E-state index in [4.69, 9.17) is 5.11 Å². The molecule has 6 rings (SSSR count). The third-order valence-corrected chi connectivity index (χ3v) is 10.2. The number of aryl methyl sites for hydroxylation is 1. The molecule has 226 valence electrons. The van der Waals surface area contributed by atoms with Gasteiger partial charge in [0.05, 0.1) is 46.8 Å². The van der Waals surface area contributed by atoms with Crippen molar-refractivity contribution in [2.75, 3.05) is 58.4 Å². The molecule has 2 aromatic carbocycles. The van der Waals surface area contributed by atoms with Gasteiger partial charge >= 0.3 is 0 Å². The van der Waals surface area contributed by atoms with Crippen molar-refractivity contribution in [3.8, 4) is 0 Å². The molecule has 3 aromatic rings. The molecule has 1 aliphatic carbocycles. The van der Waals surface area contributed by atoms with Gasteiger partial charge < -0.3 is 24.8 Å². The lowest BCUT2D eigenvalue weighted by molar-refractivity contribution is -0.0220. The SMILES string of the molecule is Cn1cnc2c(N3CCC(F)(F)CC3)cc(NC(=O)c3ccc(NS(=O)(=O)CCO)cc3N3CCC4(CC3)CC4)cc21. The zero-order valence-electron chi connectivity index (χ0n) is 23.6. The van der Waals surface area contributed by atoms with Crippen LogP contribution in [0.3, 0.4) is 0 Å². The van der Waals surface area contributed by atoms with Crippen molar-refractivity contribution in [2.24, 2.45) is 12.5 Å². The van der Waals surface area contributed by atoms with Crippen molar-refractivity contribution in [1.29, 1.82) is 0 Å². The van der Waals surface area contributed by atoms with Gasteiger partial charge in [-0.15, -0.1) is 0 Å². The number of rotatable bonds is 8. The number of hydrogen-bond donors (Lipinski definition) is 3. The fourth-order valence-corrected chi connectivity index (χ4v) is 6.93. The number of amides is 1. The van der Waals surface area contributed by atoms with Crippen LogP contribution in [0.2, 0.25) is 0 Å². The summed E-state index contributed by atoms with van der Waals surface area (Å²) in [5.41, 5.74) is 4.41. The molecule has 13 heteroatoms. The Morgan fingerprint density at radius 3 is 2.26 bits per heavy atom. The van der Waals surface area contributed by atoms with Crippen molar-refractivity contribution >= 4 is 49.7 Å². The number of nitrogens with zero attached hydrogens (tertiary/aromatic N) is 4. The summed E-state index contributed by atoms with van der Waals surface area (Å²) in [5, 5.41) is 12.1. The first-order valence-corrected chi connectivity index (χ1v) is 16.0. The number of piperidine rings is 2. The van der Waals surface area contributed by atoms with Gasteiger partial charge in [0, 0.05) is 51.8 Å². The lowest BCUT2D eigenvalue weighted by atomic mass is 9.93. The summed E-state index contributed by atoms with van der Waals surface area (Å²) in [6.45, 7) is 1.39. The number of hydrogen-bond acceptors (Lipinski definition) is 7. The van der Waals surface area contributed by atoms with Crippen LogP contribution >= 0.6 is 0 Å². The average molecular weight is 603 g/mol. The molecule has 3 aliphatic rings. The van der Waals surface area contributed by atoms with Crippen molar-refractivity contribution in [1.82, 2.24) is 9.55 Å². The molecule has 0 unspecified atom stereocenters. The van der Waals surface area contributed by atoms with Gasteiger partial charge in [-0.2, -0.15) is 0 Å². The van der Waals surface area contributed by atoms with Gasteiger partial charge in [0.25, 0.3) is 11.8 Å². The van der Waals surface area contributed by atoms with Crippen LogP contribution in [0.4, 0.5) is 31.5 Å². The van der Waals surface area contributed by atoms with E-state index in [9.17, 15) is 22.0 Å². The molecular weight excluding hydrogens is 566 g/mol. The highest BCUT2D eigenvalue weighted by atomic mass is 32.2. The van der Waals surface area contributed by atoms with Crippen LogP contribution in [0.1, 0.15) is 48.9 Å². The van der Waals surface area contributed by atoms with E-state index in [1.807, 2.05) is 22.6 Å². The minimum Gasteiger partial charge on any atom is -0.395 e. The Kier molecular flexibility index (Phi) is 7.28. The van der Waals surface area contributed by atoms with Crippen molar-refractivity contribution in [2.45, 2.75) is 44.4 Å². The Labute approximate surface area is 243 Å². The minimum absolute atomic E-state index is 0.185. The van der Waals surface area contributed by atoms with E-state index in [0.717, 1.165) is 31.4 Å². The van der Waals surface area contributed by atoms with Crippen molar-refractivity contribution < 1.29 is 27.1 Å². The van der Waals surface area contributed by atoms with E-state index >= 15 is 0 Å². The van der Waals surface area contributed by atoms with Gasteiger partial charge in [0.15, 0.2) is 0 Å². The first-order valence-electron chi connectivity index (χ1n) is 14.4. The standard InChI is InChI=1S/C29H36F2N6O4S/c1-35-19-32-26-24(35)17-21(18-25(26)37-12-8-29(30,31)9-13-37)33-27(39)22-3-2-20(34-42(40,41)15-14-38)16-23(22)36-10-6-28(4-5-28)7-11-36/h2-3,16-19,34,38H,4-15H2,1H3,(H,33,39). The zero-order valence-corrected chi connectivity index (χ0v) is 24.4.